The Labute approximate surface area is 110 Å². The Balaban J connectivity index is 2.30. The van der Waals surface area contributed by atoms with Gasteiger partial charge in [0.1, 0.15) is 0 Å². The minimum atomic E-state index is -0.336. The Morgan fingerprint density at radius 3 is 2.33 bits per heavy atom. The van der Waals surface area contributed by atoms with E-state index in [4.69, 9.17) is 0 Å². The van der Waals surface area contributed by atoms with Crippen LogP contribution in [-0.4, -0.2) is 34.6 Å². The fourth-order valence-electron chi connectivity index (χ4n) is 4.80. The Bertz CT molecular complexity index is 291. The summed E-state index contributed by atoms with van der Waals surface area (Å²) in [7, 11) is 0. The van der Waals surface area contributed by atoms with Crippen LogP contribution in [0.2, 0.25) is 0 Å². The standard InChI is InChI=1S/C15H28O3/c1-9(2)11-6-14(18)15(3)10(7-16)4-5-13(15)12(11)8-17/h9-14,16-18H,4-8H2,1-3H3/t10-,11-,12-,13-,14-,15-/m1/s1. The molecule has 3 heteroatoms. The fraction of sp³-hybridized carbons (Fsp3) is 1.00. The normalized spacial score (nSPS) is 48.5. The van der Waals surface area contributed by atoms with Crippen molar-refractivity contribution in [2.24, 2.45) is 35.0 Å². The molecule has 2 aliphatic carbocycles. The van der Waals surface area contributed by atoms with Crippen LogP contribution in [-0.2, 0) is 0 Å². The highest BCUT2D eigenvalue weighted by atomic mass is 16.3. The predicted molar refractivity (Wildman–Crippen MR) is 70.9 cm³/mol. The van der Waals surface area contributed by atoms with Crippen LogP contribution < -0.4 is 0 Å². The fourth-order valence-corrected chi connectivity index (χ4v) is 4.80. The van der Waals surface area contributed by atoms with Gasteiger partial charge in [-0.2, -0.15) is 0 Å². The zero-order valence-electron chi connectivity index (χ0n) is 11.8. The molecule has 0 aliphatic heterocycles. The highest BCUT2D eigenvalue weighted by Gasteiger charge is 2.58. The minimum Gasteiger partial charge on any atom is -0.396 e. The van der Waals surface area contributed by atoms with Crippen molar-refractivity contribution < 1.29 is 15.3 Å². The summed E-state index contributed by atoms with van der Waals surface area (Å²) in [5.74, 6) is 1.74. The number of hydrogen-bond donors (Lipinski definition) is 3. The number of rotatable bonds is 3. The van der Waals surface area contributed by atoms with Gasteiger partial charge in [-0.25, -0.2) is 0 Å². The largest absolute Gasteiger partial charge is 0.396 e. The molecule has 3 N–H and O–H groups in total. The third kappa shape index (κ3) is 1.91. The van der Waals surface area contributed by atoms with Crippen LogP contribution in [0.5, 0.6) is 0 Å². The van der Waals surface area contributed by atoms with Gasteiger partial charge in [0.05, 0.1) is 6.10 Å². The van der Waals surface area contributed by atoms with Crippen molar-refractivity contribution in [3.63, 3.8) is 0 Å². The molecule has 18 heavy (non-hydrogen) atoms. The smallest absolute Gasteiger partial charge is 0.0602 e. The van der Waals surface area contributed by atoms with Gasteiger partial charge in [0.2, 0.25) is 0 Å². The van der Waals surface area contributed by atoms with E-state index in [0.717, 1.165) is 19.3 Å². The second-order valence-electron chi connectivity index (χ2n) is 6.94. The summed E-state index contributed by atoms with van der Waals surface area (Å²) in [6, 6.07) is 0. The molecule has 2 rings (SSSR count). The van der Waals surface area contributed by atoms with E-state index in [1.54, 1.807) is 0 Å². The van der Waals surface area contributed by atoms with E-state index >= 15 is 0 Å². The average molecular weight is 256 g/mol. The number of fused-ring (bicyclic) bond motifs is 1. The second kappa shape index (κ2) is 5.10. The first-order chi connectivity index (χ1) is 8.46. The average Bonchev–Trinajstić information content (AvgIpc) is 2.67. The van der Waals surface area contributed by atoms with Gasteiger partial charge in [-0.05, 0) is 48.9 Å². The number of aliphatic hydroxyl groups excluding tert-OH is 3. The molecular weight excluding hydrogens is 228 g/mol. The van der Waals surface area contributed by atoms with Crippen molar-refractivity contribution in [3.8, 4) is 0 Å². The van der Waals surface area contributed by atoms with Crippen LogP contribution in [0, 0.1) is 35.0 Å². The third-order valence-electron chi connectivity index (χ3n) is 6.07. The van der Waals surface area contributed by atoms with Gasteiger partial charge < -0.3 is 15.3 Å². The molecule has 2 aliphatic rings. The molecule has 0 spiro atoms. The summed E-state index contributed by atoms with van der Waals surface area (Å²) >= 11 is 0. The van der Waals surface area contributed by atoms with E-state index in [9.17, 15) is 15.3 Å². The maximum Gasteiger partial charge on any atom is 0.0602 e. The maximum absolute atomic E-state index is 10.6. The SMILES string of the molecule is CC(C)[C@H]1C[C@@H](O)[C@]2(C)[C@@H](CO)CC[C@@H]2[C@@H]1CO. The van der Waals surface area contributed by atoms with Crippen molar-refractivity contribution in [2.45, 2.75) is 46.1 Å². The third-order valence-corrected chi connectivity index (χ3v) is 6.07. The molecule has 106 valence electrons. The molecule has 0 bridgehead atoms. The first-order valence-corrected chi connectivity index (χ1v) is 7.36. The van der Waals surface area contributed by atoms with Gasteiger partial charge in [0, 0.05) is 18.6 Å². The van der Waals surface area contributed by atoms with Gasteiger partial charge in [-0.1, -0.05) is 20.8 Å². The van der Waals surface area contributed by atoms with Gasteiger partial charge in [0.15, 0.2) is 0 Å². The minimum absolute atomic E-state index is 0.161. The molecule has 3 nitrogen and oxygen atoms in total. The van der Waals surface area contributed by atoms with Crippen molar-refractivity contribution in [1.82, 2.24) is 0 Å². The van der Waals surface area contributed by atoms with E-state index in [-0.39, 0.29) is 36.6 Å². The van der Waals surface area contributed by atoms with Crippen molar-refractivity contribution in [1.29, 1.82) is 0 Å². The van der Waals surface area contributed by atoms with Crippen LogP contribution in [0.15, 0.2) is 0 Å². The van der Waals surface area contributed by atoms with Crippen molar-refractivity contribution >= 4 is 0 Å². The Morgan fingerprint density at radius 2 is 1.83 bits per heavy atom. The monoisotopic (exact) mass is 256 g/mol. The lowest BCUT2D eigenvalue weighted by Crippen LogP contribution is -2.53. The molecule has 0 aromatic carbocycles. The van der Waals surface area contributed by atoms with E-state index in [2.05, 4.69) is 20.8 Å². The first kappa shape index (κ1) is 14.3. The molecule has 6 atom stereocenters. The van der Waals surface area contributed by atoms with Crippen LogP contribution >= 0.6 is 0 Å². The zero-order valence-corrected chi connectivity index (χ0v) is 11.8. The van der Waals surface area contributed by atoms with Crippen molar-refractivity contribution in [2.75, 3.05) is 13.2 Å². The lowest BCUT2D eigenvalue weighted by atomic mass is 9.55. The molecule has 0 amide bonds. The molecule has 0 radical (unpaired) electrons. The summed E-state index contributed by atoms with van der Waals surface area (Å²) in [4.78, 5) is 0. The number of hydrogen-bond acceptors (Lipinski definition) is 3. The van der Waals surface area contributed by atoms with E-state index in [1.807, 2.05) is 0 Å². The summed E-state index contributed by atoms with van der Waals surface area (Å²) in [6.07, 6.45) is 2.45. The Hall–Kier alpha value is -0.120. The van der Waals surface area contributed by atoms with E-state index in [0.29, 0.717) is 17.8 Å². The Morgan fingerprint density at radius 1 is 1.17 bits per heavy atom. The zero-order chi connectivity index (χ0) is 13.5. The van der Waals surface area contributed by atoms with Crippen LogP contribution in [0.4, 0.5) is 0 Å². The summed E-state index contributed by atoms with van der Waals surface area (Å²) < 4.78 is 0. The maximum atomic E-state index is 10.6. The summed E-state index contributed by atoms with van der Waals surface area (Å²) in [6.45, 7) is 6.86. The van der Waals surface area contributed by atoms with E-state index in [1.165, 1.54) is 0 Å². The lowest BCUT2D eigenvalue weighted by molar-refractivity contribution is -0.125. The first-order valence-electron chi connectivity index (χ1n) is 7.36. The molecule has 0 heterocycles. The molecular formula is C15H28O3. The molecule has 2 fully saturated rings. The van der Waals surface area contributed by atoms with Gasteiger partial charge >= 0.3 is 0 Å². The van der Waals surface area contributed by atoms with Gasteiger partial charge in [0.25, 0.3) is 0 Å². The lowest BCUT2D eigenvalue weighted by Gasteiger charge is -2.52. The van der Waals surface area contributed by atoms with Gasteiger partial charge in [-0.3, -0.25) is 0 Å². The molecule has 0 unspecified atom stereocenters. The highest BCUT2D eigenvalue weighted by Crippen LogP contribution is 2.59. The van der Waals surface area contributed by atoms with E-state index < -0.39 is 0 Å². The van der Waals surface area contributed by atoms with Crippen LogP contribution in [0.25, 0.3) is 0 Å². The molecule has 0 aromatic rings. The quantitative estimate of drug-likeness (QED) is 0.719. The second-order valence-corrected chi connectivity index (χ2v) is 6.94. The van der Waals surface area contributed by atoms with Gasteiger partial charge in [-0.15, -0.1) is 0 Å². The van der Waals surface area contributed by atoms with Crippen molar-refractivity contribution in [3.05, 3.63) is 0 Å². The highest BCUT2D eigenvalue weighted by molar-refractivity contribution is 5.06. The topological polar surface area (TPSA) is 60.7 Å². The summed E-state index contributed by atoms with van der Waals surface area (Å²) in [5, 5.41) is 29.9. The van der Waals surface area contributed by atoms with Crippen LogP contribution in [0.1, 0.15) is 40.0 Å². The predicted octanol–water partition coefficient (Wildman–Crippen LogP) is 1.66. The number of aliphatic hydroxyl groups is 3. The summed E-state index contributed by atoms with van der Waals surface area (Å²) in [5.41, 5.74) is -0.201. The molecule has 0 aromatic heterocycles. The van der Waals surface area contributed by atoms with Crippen LogP contribution in [0.3, 0.4) is 0 Å². The molecule has 2 saturated carbocycles. The molecule has 0 saturated heterocycles. The Kier molecular flexibility index (Phi) is 4.05.